The first-order valence-electron chi connectivity index (χ1n) is 3.99. The molecule has 0 aliphatic rings. The van der Waals surface area contributed by atoms with Gasteiger partial charge in [-0.1, -0.05) is 15.9 Å². The van der Waals surface area contributed by atoms with E-state index >= 15 is 0 Å². The van der Waals surface area contributed by atoms with Crippen LogP contribution in [0.5, 0.6) is 0 Å². The Morgan fingerprint density at radius 3 is 1.67 bits per heavy atom. The second-order valence-electron chi connectivity index (χ2n) is 2.98. The van der Waals surface area contributed by atoms with E-state index < -0.39 is 11.9 Å². The first kappa shape index (κ1) is 11.6. The van der Waals surface area contributed by atoms with Crippen molar-refractivity contribution in [3.05, 3.63) is 27.0 Å². The van der Waals surface area contributed by atoms with Crippen molar-refractivity contribution in [1.29, 1.82) is 0 Å². The quantitative estimate of drug-likeness (QED) is 0.859. The van der Waals surface area contributed by atoms with E-state index in [4.69, 9.17) is 10.2 Å². The van der Waals surface area contributed by atoms with Gasteiger partial charge in [0.15, 0.2) is 11.4 Å². The van der Waals surface area contributed by atoms with Gasteiger partial charge in [-0.05, 0) is 25.0 Å². The predicted molar refractivity (Wildman–Crippen MR) is 55.3 cm³/mol. The Kier molecular flexibility index (Phi) is 3.09. The lowest BCUT2D eigenvalue weighted by Gasteiger charge is -2.08. The second-order valence-corrected chi connectivity index (χ2v) is 3.78. The summed E-state index contributed by atoms with van der Waals surface area (Å²) in [5.41, 5.74) is 0.352. The lowest BCUT2D eigenvalue weighted by atomic mass is 10.1. The molecule has 0 aromatic carbocycles. The Morgan fingerprint density at radius 1 is 1.07 bits per heavy atom. The van der Waals surface area contributed by atoms with Crippen LogP contribution in [0, 0.1) is 13.8 Å². The highest BCUT2D eigenvalue weighted by Gasteiger charge is 2.20. The first-order chi connectivity index (χ1) is 6.86. The largest absolute Gasteiger partial charge is 0.477 e. The molecule has 0 saturated carbocycles. The highest BCUT2D eigenvalue weighted by molar-refractivity contribution is 9.10. The van der Waals surface area contributed by atoms with E-state index in [0.717, 1.165) is 0 Å². The summed E-state index contributed by atoms with van der Waals surface area (Å²) >= 11 is 3.15. The molecular formula is C9H8BrNO4. The summed E-state index contributed by atoms with van der Waals surface area (Å²) in [6.45, 7) is 3.14. The lowest BCUT2D eigenvalue weighted by molar-refractivity contribution is 0.0684. The molecule has 1 rings (SSSR count). The maximum absolute atomic E-state index is 10.8. The van der Waals surface area contributed by atoms with Crippen molar-refractivity contribution in [3.8, 4) is 0 Å². The zero-order chi connectivity index (χ0) is 11.7. The number of aromatic carboxylic acids is 2. The fourth-order valence-electron chi connectivity index (χ4n) is 1.19. The Bertz CT molecular complexity index is 418. The van der Waals surface area contributed by atoms with Crippen LogP contribution in [0.2, 0.25) is 0 Å². The van der Waals surface area contributed by atoms with Gasteiger partial charge in [-0.25, -0.2) is 14.6 Å². The van der Waals surface area contributed by atoms with Crippen molar-refractivity contribution in [3.63, 3.8) is 0 Å². The molecule has 0 fully saturated rings. The Labute approximate surface area is 93.9 Å². The number of carboxylic acid groups (broad SMARTS) is 2. The van der Waals surface area contributed by atoms with Crippen LogP contribution < -0.4 is 0 Å². The number of aromatic nitrogens is 1. The van der Waals surface area contributed by atoms with Gasteiger partial charge in [0.2, 0.25) is 0 Å². The number of carbonyl (C=O) groups is 2. The number of carboxylic acids is 2. The number of nitrogens with zero attached hydrogens (tertiary/aromatic N) is 1. The van der Waals surface area contributed by atoms with Gasteiger partial charge in [0.05, 0.1) is 0 Å². The molecule has 1 aromatic rings. The Morgan fingerprint density at radius 2 is 1.40 bits per heavy atom. The van der Waals surface area contributed by atoms with Gasteiger partial charge in [-0.3, -0.25) is 0 Å². The average molecular weight is 274 g/mol. The Hall–Kier alpha value is -1.43. The van der Waals surface area contributed by atoms with Gasteiger partial charge in [0, 0.05) is 4.47 Å². The van der Waals surface area contributed by atoms with Crippen molar-refractivity contribution < 1.29 is 19.8 Å². The van der Waals surface area contributed by atoms with E-state index in [9.17, 15) is 9.59 Å². The van der Waals surface area contributed by atoms with E-state index in [-0.39, 0.29) is 11.4 Å². The first-order valence-corrected chi connectivity index (χ1v) is 4.78. The summed E-state index contributed by atoms with van der Waals surface area (Å²) in [6, 6.07) is 0. The normalized spacial score (nSPS) is 10.1. The monoisotopic (exact) mass is 273 g/mol. The van der Waals surface area contributed by atoms with Crippen molar-refractivity contribution in [2.24, 2.45) is 0 Å². The topological polar surface area (TPSA) is 87.5 Å². The van der Waals surface area contributed by atoms with Gasteiger partial charge in [0.25, 0.3) is 0 Å². The average Bonchev–Trinajstić information content (AvgIpc) is 2.13. The Balaban J connectivity index is 3.59. The van der Waals surface area contributed by atoms with E-state index in [2.05, 4.69) is 20.9 Å². The summed E-state index contributed by atoms with van der Waals surface area (Å²) in [6.07, 6.45) is 0. The molecule has 0 aliphatic carbocycles. The van der Waals surface area contributed by atoms with E-state index in [0.29, 0.717) is 15.6 Å². The van der Waals surface area contributed by atoms with Crippen molar-refractivity contribution in [1.82, 2.24) is 4.98 Å². The van der Waals surface area contributed by atoms with Crippen LogP contribution in [0.4, 0.5) is 0 Å². The third-order valence-electron chi connectivity index (χ3n) is 2.00. The third-order valence-corrected chi connectivity index (χ3v) is 3.19. The molecule has 80 valence electrons. The van der Waals surface area contributed by atoms with E-state index in [1.54, 1.807) is 13.8 Å². The van der Waals surface area contributed by atoms with Crippen molar-refractivity contribution in [2.45, 2.75) is 13.8 Å². The summed E-state index contributed by atoms with van der Waals surface area (Å²) in [5, 5.41) is 17.6. The number of rotatable bonds is 2. The summed E-state index contributed by atoms with van der Waals surface area (Å²) in [5.74, 6) is -2.48. The van der Waals surface area contributed by atoms with Crippen LogP contribution in [-0.4, -0.2) is 27.1 Å². The predicted octanol–water partition coefficient (Wildman–Crippen LogP) is 1.86. The fourth-order valence-corrected chi connectivity index (χ4v) is 1.56. The maximum atomic E-state index is 10.8. The molecule has 1 aromatic heterocycles. The minimum atomic E-state index is -1.24. The van der Waals surface area contributed by atoms with Gasteiger partial charge in [0.1, 0.15) is 0 Å². The van der Waals surface area contributed by atoms with Gasteiger partial charge >= 0.3 is 11.9 Å². The molecule has 0 unspecified atom stereocenters. The van der Waals surface area contributed by atoms with Gasteiger partial charge in [-0.2, -0.15) is 0 Å². The van der Waals surface area contributed by atoms with Crippen molar-refractivity contribution in [2.75, 3.05) is 0 Å². The van der Waals surface area contributed by atoms with Crippen molar-refractivity contribution >= 4 is 27.9 Å². The fraction of sp³-hybridized carbons (Fsp3) is 0.222. The lowest BCUT2D eigenvalue weighted by Crippen LogP contribution is -2.12. The highest BCUT2D eigenvalue weighted by atomic mass is 79.9. The summed E-state index contributed by atoms with van der Waals surface area (Å²) in [4.78, 5) is 25.2. The number of halogens is 1. The van der Waals surface area contributed by atoms with E-state index in [1.807, 2.05) is 0 Å². The highest BCUT2D eigenvalue weighted by Crippen LogP contribution is 2.25. The molecule has 15 heavy (non-hydrogen) atoms. The van der Waals surface area contributed by atoms with Gasteiger partial charge < -0.3 is 10.2 Å². The van der Waals surface area contributed by atoms with Crippen LogP contribution >= 0.6 is 15.9 Å². The molecule has 0 atom stereocenters. The van der Waals surface area contributed by atoms with Crippen LogP contribution in [0.1, 0.15) is 32.1 Å². The molecule has 0 saturated heterocycles. The summed E-state index contributed by atoms with van der Waals surface area (Å²) in [7, 11) is 0. The molecule has 0 amide bonds. The molecule has 0 radical (unpaired) electrons. The molecule has 5 nitrogen and oxygen atoms in total. The second kappa shape index (κ2) is 3.98. The summed E-state index contributed by atoms with van der Waals surface area (Å²) < 4.78 is 0.465. The minimum Gasteiger partial charge on any atom is -0.477 e. The van der Waals surface area contributed by atoms with Crippen LogP contribution in [0.15, 0.2) is 4.47 Å². The third kappa shape index (κ3) is 1.99. The van der Waals surface area contributed by atoms with Gasteiger partial charge in [-0.15, -0.1) is 0 Å². The van der Waals surface area contributed by atoms with Crippen LogP contribution in [0.3, 0.4) is 0 Å². The molecular weight excluding hydrogens is 266 g/mol. The van der Waals surface area contributed by atoms with Crippen LogP contribution in [-0.2, 0) is 0 Å². The SMILES string of the molecule is Cc1c(C(=O)O)nc(C(=O)O)c(C)c1Br. The standard InChI is InChI=1S/C9H8BrNO4/c1-3-5(10)4(2)7(9(14)15)11-6(3)8(12)13/h1-2H3,(H,12,13)(H,14,15). The zero-order valence-corrected chi connectivity index (χ0v) is 9.62. The molecule has 0 spiro atoms. The maximum Gasteiger partial charge on any atom is 0.354 e. The van der Waals surface area contributed by atoms with Crippen LogP contribution in [0.25, 0.3) is 0 Å². The number of hydrogen-bond donors (Lipinski definition) is 2. The zero-order valence-electron chi connectivity index (χ0n) is 8.04. The molecule has 6 heteroatoms. The number of pyridine rings is 1. The molecule has 2 N–H and O–H groups in total. The number of hydrogen-bond acceptors (Lipinski definition) is 3. The smallest absolute Gasteiger partial charge is 0.354 e. The van der Waals surface area contributed by atoms with E-state index in [1.165, 1.54) is 0 Å². The molecule has 0 aliphatic heterocycles. The molecule has 1 heterocycles. The molecule has 0 bridgehead atoms. The minimum absolute atomic E-state index is 0.245.